The summed E-state index contributed by atoms with van der Waals surface area (Å²) in [4.78, 5) is 21.6. The van der Waals surface area contributed by atoms with Gasteiger partial charge in [-0.2, -0.15) is 0 Å². The maximum atomic E-state index is 11.5. The van der Waals surface area contributed by atoms with E-state index in [4.69, 9.17) is 10.5 Å². The van der Waals surface area contributed by atoms with Gasteiger partial charge in [0.1, 0.15) is 18.2 Å². The number of nitrogens with one attached hydrogen (secondary N) is 1. The second-order valence-corrected chi connectivity index (χ2v) is 4.38. The zero-order chi connectivity index (χ0) is 13.7. The molecule has 0 aliphatic carbocycles. The molecule has 0 aromatic carbocycles. The minimum Gasteiger partial charge on any atom is -0.478 e. The van der Waals surface area contributed by atoms with Crippen LogP contribution in [0.25, 0.3) is 0 Å². The van der Waals surface area contributed by atoms with Crippen molar-refractivity contribution in [2.24, 2.45) is 5.73 Å². The average Bonchev–Trinajstić information content (AvgIpc) is 2.45. The Labute approximate surface area is 112 Å². The van der Waals surface area contributed by atoms with Crippen LogP contribution >= 0.6 is 0 Å². The van der Waals surface area contributed by atoms with Crippen LogP contribution in [0.4, 0.5) is 5.82 Å². The van der Waals surface area contributed by atoms with Crippen LogP contribution in [0.5, 0.6) is 5.88 Å². The Morgan fingerprint density at radius 1 is 1.63 bits per heavy atom. The fourth-order valence-electron chi connectivity index (χ4n) is 2.01. The van der Waals surface area contributed by atoms with Crippen molar-refractivity contribution >= 4 is 11.7 Å². The van der Waals surface area contributed by atoms with Gasteiger partial charge in [-0.15, -0.1) is 0 Å². The SMILES string of the molecule is CCCOc1cc(N2CCNCC2C(N)=O)ncn1. The Hall–Kier alpha value is -1.89. The molecule has 1 aromatic heterocycles. The number of hydrogen-bond donors (Lipinski definition) is 2. The van der Waals surface area contributed by atoms with E-state index in [1.807, 2.05) is 11.8 Å². The molecule has 1 aliphatic rings. The van der Waals surface area contributed by atoms with Crippen LogP contribution in [-0.4, -0.2) is 48.2 Å². The Bertz CT molecular complexity index is 440. The number of carbonyl (C=O) groups excluding carboxylic acids is 1. The van der Waals surface area contributed by atoms with E-state index < -0.39 is 0 Å². The predicted molar refractivity (Wildman–Crippen MR) is 71.0 cm³/mol. The Morgan fingerprint density at radius 2 is 2.47 bits per heavy atom. The molecule has 7 nitrogen and oxygen atoms in total. The first-order chi connectivity index (χ1) is 9.22. The first kappa shape index (κ1) is 13.5. The van der Waals surface area contributed by atoms with E-state index >= 15 is 0 Å². The molecule has 0 spiro atoms. The van der Waals surface area contributed by atoms with Gasteiger partial charge in [-0.05, 0) is 6.42 Å². The van der Waals surface area contributed by atoms with Crippen LogP contribution < -0.4 is 20.7 Å². The molecular formula is C12H19N5O2. The van der Waals surface area contributed by atoms with E-state index in [-0.39, 0.29) is 11.9 Å². The smallest absolute Gasteiger partial charge is 0.241 e. The highest BCUT2D eigenvalue weighted by molar-refractivity contribution is 5.83. The van der Waals surface area contributed by atoms with Crippen LogP contribution in [-0.2, 0) is 4.79 Å². The van der Waals surface area contributed by atoms with Gasteiger partial charge < -0.3 is 20.7 Å². The zero-order valence-corrected chi connectivity index (χ0v) is 11.0. The average molecular weight is 265 g/mol. The van der Waals surface area contributed by atoms with Crippen LogP contribution in [0.2, 0.25) is 0 Å². The van der Waals surface area contributed by atoms with Crippen LogP contribution in [0.15, 0.2) is 12.4 Å². The molecule has 1 unspecified atom stereocenters. The van der Waals surface area contributed by atoms with Crippen molar-refractivity contribution in [3.8, 4) is 5.88 Å². The second kappa shape index (κ2) is 6.33. The molecule has 19 heavy (non-hydrogen) atoms. The molecule has 2 heterocycles. The van der Waals surface area contributed by atoms with Gasteiger partial charge in [0.25, 0.3) is 0 Å². The molecule has 0 radical (unpaired) electrons. The number of primary amides is 1. The summed E-state index contributed by atoms with van der Waals surface area (Å²) < 4.78 is 5.47. The van der Waals surface area contributed by atoms with Gasteiger partial charge in [0.05, 0.1) is 6.61 Å². The summed E-state index contributed by atoms with van der Waals surface area (Å²) in [6.07, 6.45) is 2.36. The molecular weight excluding hydrogens is 246 g/mol. The predicted octanol–water partition coefficient (Wildman–Crippen LogP) is -0.471. The normalized spacial score (nSPS) is 19.2. The zero-order valence-electron chi connectivity index (χ0n) is 11.0. The Kier molecular flexibility index (Phi) is 4.51. The lowest BCUT2D eigenvalue weighted by Gasteiger charge is -2.34. The molecule has 0 saturated carbocycles. The second-order valence-electron chi connectivity index (χ2n) is 4.38. The van der Waals surface area contributed by atoms with Gasteiger partial charge in [0, 0.05) is 25.7 Å². The maximum Gasteiger partial charge on any atom is 0.241 e. The molecule has 7 heteroatoms. The number of piperazine rings is 1. The number of aromatic nitrogens is 2. The summed E-state index contributed by atoms with van der Waals surface area (Å²) in [7, 11) is 0. The highest BCUT2D eigenvalue weighted by atomic mass is 16.5. The van der Waals surface area contributed by atoms with Gasteiger partial charge in [-0.1, -0.05) is 6.92 Å². The number of anilines is 1. The largest absolute Gasteiger partial charge is 0.478 e. The van der Waals surface area contributed by atoms with Crippen LogP contribution in [0.1, 0.15) is 13.3 Å². The lowest BCUT2D eigenvalue weighted by atomic mass is 10.2. The summed E-state index contributed by atoms with van der Waals surface area (Å²) in [6, 6.07) is 1.36. The van der Waals surface area contributed by atoms with Crippen molar-refractivity contribution in [1.29, 1.82) is 0 Å². The van der Waals surface area contributed by atoms with Crippen molar-refractivity contribution in [2.45, 2.75) is 19.4 Å². The fourth-order valence-corrected chi connectivity index (χ4v) is 2.01. The number of rotatable bonds is 5. The number of carbonyl (C=O) groups is 1. The molecule has 2 rings (SSSR count). The van der Waals surface area contributed by atoms with Crippen molar-refractivity contribution in [2.75, 3.05) is 31.1 Å². The van der Waals surface area contributed by atoms with E-state index in [1.54, 1.807) is 6.07 Å². The third kappa shape index (κ3) is 3.31. The van der Waals surface area contributed by atoms with E-state index in [1.165, 1.54) is 6.33 Å². The summed E-state index contributed by atoms with van der Waals surface area (Å²) in [5.41, 5.74) is 5.42. The van der Waals surface area contributed by atoms with E-state index in [9.17, 15) is 4.79 Å². The number of nitrogens with two attached hydrogens (primary N) is 1. The molecule has 104 valence electrons. The minimum atomic E-state index is -0.386. The van der Waals surface area contributed by atoms with Crippen LogP contribution in [0.3, 0.4) is 0 Å². The maximum absolute atomic E-state index is 11.5. The lowest BCUT2D eigenvalue weighted by Crippen LogP contribution is -2.57. The van der Waals surface area contributed by atoms with Gasteiger partial charge in [0.15, 0.2) is 0 Å². The van der Waals surface area contributed by atoms with E-state index in [0.29, 0.717) is 31.4 Å². The number of nitrogens with zero attached hydrogens (tertiary/aromatic N) is 3. The third-order valence-corrected chi connectivity index (χ3v) is 2.95. The molecule has 1 amide bonds. The molecule has 1 atom stereocenters. The monoisotopic (exact) mass is 265 g/mol. The highest BCUT2D eigenvalue weighted by Crippen LogP contribution is 2.19. The van der Waals surface area contributed by atoms with E-state index in [0.717, 1.165) is 13.0 Å². The minimum absolute atomic E-state index is 0.359. The van der Waals surface area contributed by atoms with Crippen molar-refractivity contribution in [1.82, 2.24) is 15.3 Å². The first-order valence-corrected chi connectivity index (χ1v) is 6.44. The van der Waals surface area contributed by atoms with Gasteiger partial charge >= 0.3 is 0 Å². The number of ether oxygens (including phenoxy) is 1. The lowest BCUT2D eigenvalue weighted by molar-refractivity contribution is -0.119. The van der Waals surface area contributed by atoms with Crippen molar-refractivity contribution < 1.29 is 9.53 Å². The molecule has 0 bridgehead atoms. The standard InChI is InChI=1S/C12H19N5O2/c1-2-5-19-11-6-10(15-8-16-11)17-4-3-14-7-9(17)12(13)18/h6,8-9,14H,2-5,7H2,1H3,(H2,13,18). The van der Waals surface area contributed by atoms with Crippen molar-refractivity contribution in [3.63, 3.8) is 0 Å². The quantitative estimate of drug-likeness (QED) is 0.747. The Balaban J connectivity index is 2.16. The topological polar surface area (TPSA) is 93.4 Å². The molecule has 1 fully saturated rings. The summed E-state index contributed by atoms with van der Waals surface area (Å²) in [5.74, 6) is 0.835. The summed E-state index contributed by atoms with van der Waals surface area (Å²) in [6.45, 7) is 4.64. The highest BCUT2D eigenvalue weighted by Gasteiger charge is 2.28. The van der Waals surface area contributed by atoms with Gasteiger partial charge in [-0.3, -0.25) is 4.79 Å². The Morgan fingerprint density at radius 3 is 3.21 bits per heavy atom. The molecule has 1 aliphatic heterocycles. The first-order valence-electron chi connectivity index (χ1n) is 6.44. The van der Waals surface area contributed by atoms with Crippen LogP contribution in [0, 0.1) is 0 Å². The summed E-state index contributed by atoms with van der Waals surface area (Å²) >= 11 is 0. The third-order valence-electron chi connectivity index (χ3n) is 2.95. The molecule has 1 saturated heterocycles. The fraction of sp³-hybridized carbons (Fsp3) is 0.583. The van der Waals surface area contributed by atoms with Crippen molar-refractivity contribution in [3.05, 3.63) is 12.4 Å². The van der Waals surface area contributed by atoms with Gasteiger partial charge in [-0.25, -0.2) is 9.97 Å². The van der Waals surface area contributed by atoms with E-state index in [2.05, 4.69) is 15.3 Å². The molecule has 1 aromatic rings. The number of amides is 1. The van der Waals surface area contributed by atoms with Gasteiger partial charge in [0.2, 0.25) is 11.8 Å². The number of hydrogen-bond acceptors (Lipinski definition) is 6. The summed E-state index contributed by atoms with van der Waals surface area (Å²) in [5, 5.41) is 3.15. The molecule has 3 N–H and O–H groups in total.